The van der Waals surface area contributed by atoms with Gasteiger partial charge >= 0.3 is 0 Å². The number of carbonyl (C=O) groups is 1. The van der Waals surface area contributed by atoms with Crippen LogP contribution in [0.1, 0.15) is 10.4 Å². The highest BCUT2D eigenvalue weighted by atomic mass is 32.2. The Morgan fingerprint density at radius 3 is 2.58 bits per heavy atom. The standard InChI is InChI=1S/C20H20N2O3S/c1-22-17(14-7-5-4-6-8-14)12-21-20(22)26-13-18(23)16-11-15(24-2)9-10-19(16)25-3/h4-12H,13H2,1-3H3. The van der Waals surface area contributed by atoms with Gasteiger partial charge in [0, 0.05) is 7.05 Å². The highest BCUT2D eigenvalue weighted by Crippen LogP contribution is 2.28. The Kier molecular flexibility index (Phi) is 5.63. The molecule has 0 aliphatic carbocycles. The Balaban J connectivity index is 1.76. The van der Waals surface area contributed by atoms with E-state index in [2.05, 4.69) is 4.98 Å². The fourth-order valence-corrected chi connectivity index (χ4v) is 3.48. The maximum atomic E-state index is 12.7. The van der Waals surface area contributed by atoms with E-state index in [0.717, 1.165) is 16.4 Å². The van der Waals surface area contributed by atoms with Gasteiger partial charge in [-0.25, -0.2) is 4.98 Å². The van der Waals surface area contributed by atoms with Gasteiger partial charge in [-0.15, -0.1) is 0 Å². The first-order chi connectivity index (χ1) is 12.6. The van der Waals surface area contributed by atoms with Gasteiger partial charge in [-0.2, -0.15) is 0 Å². The zero-order valence-electron chi connectivity index (χ0n) is 14.9. The van der Waals surface area contributed by atoms with Crippen molar-refractivity contribution >= 4 is 17.5 Å². The van der Waals surface area contributed by atoms with Gasteiger partial charge in [-0.1, -0.05) is 42.1 Å². The molecule has 26 heavy (non-hydrogen) atoms. The number of methoxy groups -OCH3 is 2. The molecule has 0 amide bonds. The molecular formula is C20H20N2O3S. The van der Waals surface area contributed by atoms with Crippen LogP contribution in [-0.2, 0) is 7.05 Å². The summed E-state index contributed by atoms with van der Waals surface area (Å²) in [4.78, 5) is 17.1. The van der Waals surface area contributed by atoms with Gasteiger partial charge in [0.05, 0.1) is 37.4 Å². The largest absolute Gasteiger partial charge is 0.497 e. The van der Waals surface area contributed by atoms with Gasteiger partial charge in [0.2, 0.25) is 0 Å². The van der Waals surface area contributed by atoms with Crippen LogP contribution in [0.2, 0.25) is 0 Å². The van der Waals surface area contributed by atoms with Gasteiger partial charge in [0.1, 0.15) is 11.5 Å². The number of thioether (sulfide) groups is 1. The first-order valence-corrected chi connectivity index (χ1v) is 9.07. The Morgan fingerprint density at radius 1 is 1.12 bits per heavy atom. The third-order valence-electron chi connectivity index (χ3n) is 4.05. The fraction of sp³-hybridized carbons (Fsp3) is 0.200. The third kappa shape index (κ3) is 3.75. The molecule has 5 nitrogen and oxygen atoms in total. The van der Waals surface area contributed by atoms with Crippen molar-refractivity contribution in [3.63, 3.8) is 0 Å². The SMILES string of the molecule is COc1ccc(OC)c(C(=O)CSc2ncc(-c3ccccc3)n2C)c1. The monoisotopic (exact) mass is 368 g/mol. The van der Waals surface area contributed by atoms with E-state index in [1.54, 1.807) is 32.4 Å². The van der Waals surface area contributed by atoms with Crippen LogP contribution < -0.4 is 9.47 Å². The van der Waals surface area contributed by atoms with Crippen molar-refractivity contribution < 1.29 is 14.3 Å². The van der Waals surface area contributed by atoms with Crippen molar-refractivity contribution in [3.8, 4) is 22.8 Å². The number of carbonyl (C=O) groups excluding carboxylic acids is 1. The second kappa shape index (κ2) is 8.10. The van der Waals surface area contributed by atoms with Crippen LogP contribution in [-0.4, -0.2) is 35.3 Å². The quantitative estimate of drug-likeness (QED) is 0.465. The summed E-state index contributed by atoms with van der Waals surface area (Å²) in [6.07, 6.45) is 1.83. The van der Waals surface area contributed by atoms with E-state index in [9.17, 15) is 4.79 Å². The van der Waals surface area contributed by atoms with E-state index in [0.29, 0.717) is 17.1 Å². The zero-order chi connectivity index (χ0) is 18.5. The van der Waals surface area contributed by atoms with Crippen molar-refractivity contribution in [2.75, 3.05) is 20.0 Å². The first kappa shape index (κ1) is 18.1. The van der Waals surface area contributed by atoms with Crippen LogP contribution in [0.15, 0.2) is 59.9 Å². The normalized spacial score (nSPS) is 10.6. The number of ether oxygens (including phenoxy) is 2. The Morgan fingerprint density at radius 2 is 1.88 bits per heavy atom. The predicted molar refractivity (Wildman–Crippen MR) is 103 cm³/mol. The number of hydrogen-bond donors (Lipinski definition) is 0. The second-order valence-electron chi connectivity index (χ2n) is 5.63. The molecule has 0 aliphatic heterocycles. The average Bonchev–Trinajstić information content (AvgIpc) is 3.06. The second-order valence-corrected chi connectivity index (χ2v) is 6.57. The maximum absolute atomic E-state index is 12.7. The van der Waals surface area contributed by atoms with Gasteiger partial charge in [-0.05, 0) is 23.8 Å². The minimum absolute atomic E-state index is 0.0324. The number of ketones is 1. The number of benzene rings is 2. The van der Waals surface area contributed by atoms with Crippen molar-refractivity contribution in [2.24, 2.45) is 7.05 Å². The number of Topliss-reactive ketones (excluding diaryl/α,β-unsaturated/α-hetero) is 1. The predicted octanol–water partition coefficient (Wildman–Crippen LogP) is 4.08. The Hall–Kier alpha value is -2.73. The van der Waals surface area contributed by atoms with E-state index in [1.807, 2.05) is 48.1 Å². The molecule has 1 heterocycles. The van der Waals surface area contributed by atoms with E-state index in [-0.39, 0.29) is 11.5 Å². The summed E-state index contributed by atoms with van der Waals surface area (Å²) >= 11 is 1.40. The first-order valence-electron chi connectivity index (χ1n) is 8.09. The Bertz CT molecular complexity index is 907. The lowest BCUT2D eigenvalue weighted by Gasteiger charge is -2.10. The van der Waals surface area contributed by atoms with E-state index in [1.165, 1.54) is 11.8 Å². The van der Waals surface area contributed by atoms with Crippen molar-refractivity contribution in [1.82, 2.24) is 9.55 Å². The molecule has 0 saturated heterocycles. The lowest BCUT2D eigenvalue weighted by molar-refractivity contribution is 0.101. The number of nitrogens with zero attached hydrogens (tertiary/aromatic N) is 2. The topological polar surface area (TPSA) is 53.4 Å². The molecule has 0 atom stereocenters. The van der Waals surface area contributed by atoms with Crippen LogP contribution in [0.25, 0.3) is 11.3 Å². The van der Waals surface area contributed by atoms with Crippen molar-refractivity contribution in [3.05, 3.63) is 60.3 Å². The smallest absolute Gasteiger partial charge is 0.177 e. The van der Waals surface area contributed by atoms with Gasteiger partial charge in [0.25, 0.3) is 0 Å². The van der Waals surface area contributed by atoms with Crippen LogP contribution in [0.3, 0.4) is 0 Å². The molecular weight excluding hydrogens is 348 g/mol. The van der Waals surface area contributed by atoms with Gasteiger partial charge in [0.15, 0.2) is 10.9 Å². The van der Waals surface area contributed by atoms with Crippen LogP contribution >= 0.6 is 11.8 Å². The summed E-state index contributed by atoms with van der Waals surface area (Å²) in [6, 6.07) is 15.3. The van der Waals surface area contributed by atoms with Crippen LogP contribution in [0.4, 0.5) is 0 Å². The van der Waals surface area contributed by atoms with Gasteiger partial charge in [-0.3, -0.25) is 4.79 Å². The van der Waals surface area contributed by atoms with Crippen molar-refractivity contribution in [2.45, 2.75) is 5.16 Å². The Labute approximate surface area is 157 Å². The molecule has 0 fully saturated rings. The summed E-state index contributed by atoms with van der Waals surface area (Å²) in [5, 5.41) is 0.791. The molecule has 134 valence electrons. The number of rotatable bonds is 7. The molecule has 0 bridgehead atoms. The highest BCUT2D eigenvalue weighted by molar-refractivity contribution is 7.99. The molecule has 3 rings (SSSR count). The lowest BCUT2D eigenvalue weighted by Crippen LogP contribution is -2.06. The summed E-state index contributed by atoms with van der Waals surface area (Å²) in [5.74, 6) is 1.40. The summed E-state index contributed by atoms with van der Waals surface area (Å²) in [7, 11) is 5.08. The van der Waals surface area contributed by atoms with Crippen LogP contribution in [0, 0.1) is 0 Å². The summed E-state index contributed by atoms with van der Waals surface area (Å²) in [6.45, 7) is 0. The minimum Gasteiger partial charge on any atom is -0.497 e. The molecule has 6 heteroatoms. The lowest BCUT2D eigenvalue weighted by atomic mass is 10.1. The van der Waals surface area contributed by atoms with E-state index in [4.69, 9.17) is 9.47 Å². The van der Waals surface area contributed by atoms with Gasteiger partial charge < -0.3 is 14.0 Å². The molecule has 0 saturated carbocycles. The maximum Gasteiger partial charge on any atom is 0.177 e. The zero-order valence-corrected chi connectivity index (χ0v) is 15.7. The average molecular weight is 368 g/mol. The molecule has 2 aromatic carbocycles. The molecule has 3 aromatic rings. The number of imidazole rings is 1. The molecule has 0 spiro atoms. The molecule has 0 aliphatic rings. The highest BCUT2D eigenvalue weighted by Gasteiger charge is 2.16. The summed E-state index contributed by atoms with van der Waals surface area (Å²) in [5.41, 5.74) is 2.62. The minimum atomic E-state index is -0.0324. The van der Waals surface area contributed by atoms with Crippen molar-refractivity contribution in [1.29, 1.82) is 0 Å². The molecule has 0 N–H and O–H groups in total. The fourth-order valence-electron chi connectivity index (χ4n) is 2.64. The number of aromatic nitrogens is 2. The molecule has 0 radical (unpaired) electrons. The summed E-state index contributed by atoms with van der Waals surface area (Å²) < 4.78 is 12.5. The van der Waals surface area contributed by atoms with Crippen LogP contribution in [0.5, 0.6) is 11.5 Å². The van der Waals surface area contributed by atoms with E-state index >= 15 is 0 Å². The molecule has 0 unspecified atom stereocenters. The number of hydrogen-bond acceptors (Lipinski definition) is 5. The molecule has 1 aromatic heterocycles. The third-order valence-corrected chi connectivity index (χ3v) is 5.10. The van der Waals surface area contributed by atoms with E-state index < -0.39 is 0 Å².